The summed E-state index contributed by atoms with van der Waals surface area (Å²) < 4.78 is 7.75. The standard InChI is InChI=1S/C22H24N4O2/c1-25-13-12-24-21(25)20-15-23-11-14-26(20)22(27)18-9-7-17(8-10-18)16-28-19-5-3-2-4-6-19/h2-10,12-13,20,23H,11,14-16H2,1H3. The number of rotatable bonds is 5. The van der Waals surface area contributed by atoms with E-state index in [-0.39, 0.29) is 11.9 Å². The molecule has 0 radical (unpaired) electrons. The van der Waals surface area contributed by atoms with E-state index in [0.717, 1.165) is 23.7 Å². The van der Waals surface area contributed by atoms with Gasteiger partial charge in [-0.25, -0.2) is 4.98 Å². The Morgan fingerprint density at radius 2 is 1.96 bits per heavy atom. The number of hydrogen-bond acceptors (Lipinski definition) is 4. The van der Waals surface area contributed by atoms with Gasteiger partial charge in [0.2, 0.25) is 0 Å². The van der Waals surface area contributed by atoms with E-state index < -0.39 is 0 Å². The number of benzene rings is 2. The number of para-hydroxylation sites is 1. The zero-order chi connectivity index (χ0) is 19.3. The number of nitrogens with one attached hydrogen (secondary N) is 1. The highest BCUT2D eigenvalue weighted by atomic mass is 16.5. The summed E-state index contributed by atoms with van der Waals surface area (Å²) >= 11 is 0. The first-order chi connectivity index (χ1) is 13.7. The number of aromatic nitrogens is 2. The molecule has 1 atom stereocenters. The number of carbonyl (C=O) groups is 1. The number of imidazole rings is 1. The number of nitrogens with zero attached hydrogens (tertiary/aromatic N) is 3. The second-order valence-electron chi connectivity index (χ2n) is 6.91. The number of aryl methyl sites for hydroxylation is 1. The lowest BCUT2D eigenvalue weighted by atomic mass is 10.1. The number of piperazine rings is 1. The Bertz CT molecular complexity index is 921. The lowest BCUT2D eigenvalue weighted by Crippen LogP contribution is -2.49. The molecular weight excluding hydrogens is 352 g/mol. The van der Waals surface area contributed by atoms with Gasteiger partial charge in [0.05, 0.1) is 0 Å². The molecule has 144 valence electrons. The Morgan fingerprint density at radius 3 is 2.68 bits per heavy atom. The maximum absolute atomic E-state index is 13.1. The number of amides is 1. The van der Waals surface area contributed by atoms with Crippen molar-refractivity contribution in [3.05, 3.63) is 83.9 Å². The summed E-state index contributed by atoms with van der Waals surface area (Å²) in [6.45, 7) is 2.63. The Hall–Kier alpha value is -3.12. The average Bonchev–Trinajstić information content (AvgIpc) is 3.18. The van der Waals surface area contributed by atoms with Gasteiger partial charge in [0.1, 0.15) is 24.2 Å². The molecule has 6 heteroatoms. The summed E-state index contributed by atoms with van der Waals surface area (Å²) in [5.74, 6) is 1.76. The summed E-state index contributed by atoms with van der Waals surface area (Å²) in [4.78, 5) is 19.5. The minimum Gasteiger partial charge on any atom is -0.489 e. The van der Waals surface area contributed by atoms with E-state index in [2.05, 4.69) is 10.3 Å². The zero-order valence-electron chi connectivity index (χ0n) is 15.9. The Morgan fingerprint density at radius 1 is 1.18 bits per heavy atom. The van der Waals surface area contributed by atoms with Crippen LogP contribution in [0.25, 0.3) is 0 Å². The van der Waals surface area contributed by atoms with Crippen molar-refractivity contribution in [3.63, 3.8) is 0 Å². The first-order valence-electron chi connectivity index (χ1n) is 9.48. The minimum atomic E-state index is -0.0673. The molecule has 3 aromatic rings. The minimum absolute atomic E-state index is 0.0324. The van der Waals surface area contributed by atoms with E-state index in [1.54, 1.807) is 6.20 Å². The molecule has 1 aliphatic heterocycles. The van der Waals surface area contributed by atoms with E-state index in [9.17, 15) is 4.79 Å². The molecule has 0 spiro atoms. The summed E-state index contributed by atoms with van der Waals surface area (Å²) in [6, 6.07) is 17.3. The van der Waals surface area contributed by atoms with Crippen molar-refractivity contribution < 1.29 is 9.53 Å². The van der Waals surface area contributed by atoms with Crippen molar-refractivity contribution in [2.24, 2.45) is 7.05 Å². The van der Waals surface area contributed by atoms with Crippen LogP contribution in [0.5, 0.6) is 5.75 Å². The Kier molecular flexibility index (Phi) is 5.39. The van der Waals surface area contributed by atoms with Crippen molar-refractivity contribution in [1.82, 2.24) is 19.8 Å². The molecule has 0 aliphatic carbocycles. The van der Waals surface area contributed by atoms with Crippen molar-refractivity contribution in [1.29, 1.82) is 0 Å². The summed E-state index contributed by atoms with van der Waals surface area (Å²) in [5.41, 5.74) is 1.71. The van der Waals surface area contributed by atoms with Crippen molar-refractivity contribution >= 4 is 5.91 Å². The van der Waals surface area contributed by atoms with Crippen LogP contribution in [0.4, 0.5) is 0 Å². The van der Waals surface area contributed by atoms with Crippen LogP contribution in [0, 0.1) is 0 Å². The predicted molar refractivity (Wildman–Crippen MR) is 107 cm³/mol. The van der Waals surface area contributed by atoms with E-state index in [1.165, 1.54) is 0 Å². The molecule has 1 unspecified atom stereocenters. The molecule has 2 aromatic carbocycles. The van der Waals surface area contributed by atoms with E-state index in [4.69, 9.17) is 4.74 Å². The molecule has 0 bridgehead atoms. The molecule has 1 fully saturated rings. The lowest BCUT2D eigenvalue weighted by Gasteiger charge is -2.35. The quantitative estimate of drug-likeness (QED) is 0.744. The Balaban J connectivity index is 1.45. The van der Waals surface area contributed by atoms with E-state index >= 15 is 0 Å². The number of ether oxygens (including phenoxy) is 1. The molecule has 28 heavy (non-hydrogen) atoms. The molecule has 6 nitrogen and oxygen atoms in total. The van der Waals surface area contributed by atoms with Crippen LogP contribution < -0.4 is 10.1 Å². The van der Waals surface area contributed by atoms with E-state index in [1.807, 2.05) is 77.3 Å². The summed E-state index contributed by atoms with van der Waals surface area (Å²) in [7, 11) is 1.96. The highest BCUT2D eigenvalue weighted by molar-refractivity contribution is 5.94. The van der Waals surface area contributed by atoms with Crippen LogP contribution in [-0.2, 0) is 13.7 Å². The normalized spacial score (nSPS) is 16.8. The molecule has 1 N–H and O–H groups in total. The molecule has 1 amide bonds. The van der Waals surface area contributed by atoms with Crippen LogP contribution in [0.1, 0.15) is 27.8 Å². The molecule has 2 heterocycles. The highest BCUT2D eigenvalue weighted by Gasteiger charge is 2.30. The lowest BCUT2D eigenvalue weighted by molar-refractivity contribution is 0.0621. The van der Waals surface area contributed by atoms with Gasteiger partial charge in [0.15, 0.2) is 0 Å². The van der Waals surface area contributed by atoms with Gasteiger partial charge in [-0.05, 0) is 29.8 Å². The molecule has 1 aliphatic rings. The van der Waals surface area contributed by atoms with E-state index in [0.29, 0.717) is 25.3 Å². The van der Waals surface area contributed by atoms with Gasteiger partial charge >= 0.3 is 0 Å². The zero-order valence-corrected chi connectivity index (χ0v) is 15.9. The third kappa shape index (κ3) is 3.92. The first kappa shape index (κ1) is 18.3. The summed E-state index contributed by atoms with van der Waals surface area (Å²) in [6.07, 6.45) is 3.68. The fraction of sp³-hybridized carbons (Fsp3) is 0.273. The predicted octanol–water partition coefficient (Wildman–Crippen LogP) is 2.79. The number of carbonyl (C=O) groups excluding carboxylic acids is 1. The van der Waals surface area contributed by atoms with Gasteiger partial charge in [-0.2, -0.15) is 0 Å². The molecule has 1 aromatic heterocycles. The van der Waals surface area contributed by atoms with Crippen LogP contribution >= 0.6 is 0 Å². The van der Waals surface area contributed by atoms with Crippen LogP contribution in [0.2, 0.25) is 0 Å². The maximum atomic E-state index is 13.1. The third-order valence-corrected chi connectivity index (χ3v) is 5.01. The fourth-order valence-electron chi connectivity index (χ4n) is 3.47. The average molecular weight is 376 g/mol. The van der Waals surface area contributed by atoms with Gasteiger partial charge in [-0.1, -0.05) is 30.3 Å². The van der Waals surface area contributed by atoms with Gasteiger partial charge < -0.3 is 19.5 Å². The molecule has 4 rings (SSSR count). The third-order valence-electron chi connectivity index (χ3n) is 5.01. The number of hydrogen-bond donors (Lipinski definition) is 1. The molecule has 0 saturated carbocycles. The molecular formula is C22H24N4O2. The van der Waals surface area contributed by atoms with Crippen LogP contribution in [0.15, 0.2) is 67.0 Å². The van der Waals surface area contributed by atoms with Gasteiger partial charge in [-0.3, -0.25) is 4.79 Å². The van der Waals surface area contributed by atoms with Gasteiger partial charge in [0.25, 0.3) is 5.91 Å². The van der Waals surface area contributed by atoms with Crippen LogP contribution in [-0.4, -0.2) is 40.0 Å². The highest BCUT2D eigenvalue weighted by Crippen LogP contribution is 2.23. The van der Waals surface area contributed by atoms with Gasteiger partial charge in [0, 0.05) is 44.6 Å². The Labute approximate surface area is 164 Å². The fourth-order valence-corrected chi connectivity index (χ4v) is 3.47. The maximum Gasteiger partial charge on any atom is 0.254 e. The second-order valence-corrected chi connectivity index (χ2v) is 6.91. The molecule has 1 saturated heterocycles. The first-order valence-corrected chi connectivity index (χ1v) is 9.48. The van der Waals surface area contributed by atoms with Crippen LogP contribution in [0.3, 0.4) is 0 Å². The van der Waals surface area contributed by atoms with Crippen molar-refractivity contribution in [2.75, 3.05) is 19.6 Å². The van der Waals surface area contributed by atoms with Crippen molar-refractivity contribution in [2.45, 2.75) is 12.6 Å². The van der Waals surface area contributed by atoms with Gasteiger partial charge in [-0.15, -0.1) is 0 Å². The monoisotopic (exact) mass is 376 g/mol. The topological polar surface area (TPSA) is 59.4 Å². The van der Waals surface area contributed by atoms with Crippen molar-refractivity contribution in [3.8, 4) is 5.75 Å². The SMILES string of the molecule is Cn1ccnc1C1CNCCN1C(=O)c1ccc(COc2ccccc2)cc1. The smallest absolute Gasteiger partial charge is 0.254 e. The summed E-state index contributed by atoms with van der Waals surface area (Å²) in [5, 5.41) is 3.36. The second kappa shape index (κ2) is 8.27. The largest absolute Gasteiger partial charge is 0.489 e.